The average Bonchev–Trinajstić information content (AvgIpc) is 3.43. The van der Waals surface area contributed by atoms with Gasteiger partial charge in [0.1, 0.15) is 0 Å². The first-order valence-electron chi connectivity index (χ1n) is 12.0. The Hall–Kier alpha value is -0.180. The van der Waals surface area contributed by atoms with Gasteiger partial charge in [-0.3, -0.25) is 4.79 Å². The Morgan fingerprint density at radius 2 is 1.07 bits per heavy atom. The van der Waals surface area contributed by atoms with Crippen molar-refractivity contribution in [3.63, 3.8) is 0 Å². The summed E-state index contributed by atoms with van der Waals surface area (Å²) in [4.78, 5) is 11.0. The van der Waals surface area contributed by atoms with E-state index >= 15 is 0 Å². The zero-order valence-corrected chi connectivity index (χ0v) is 19.1. The van der Waals surface area contributed by atoms with Gasteiger partial charge in [-0.2, -0.15) is 11.8 Å². The fourth-order valence-corrected chi connectivity index (χ4v) is 5.18. The minimum absolute atomic E-state index is 0.0617. The van der Waals surface area contributed by atoms with Crippen molar-refractivity contribution < 1.29 is 9.53 Å². The Balaban J connectivity index is 1.71. The van der Waals surface area contributed by atoms with Gasteiger partial charge in [-0.05, 0) is 19.3 Å². The summed E-state index contributed by atoms with van der Waals surface area (Å²) in [5, 5.41) is 2.04. The van der Waals surface area contributed by atoms with Crippen LogP contribution in [0.4, 0.5) is 0 Å². The van der Waals surface area contributed by atoms with Crippen molar-refractivity contribution in [2.24, 2.45) is 0 Å². The number of methoxy groups -OCH3 is 1. The first kappa shape index (κ1) is 24.9. The summed E-state index contributed by atoms with van der Waals surface area (Å²) < 4.78 is 4.66. The Bertz CT molecular complexity index is 345. The van der Waals surface area contributed by atoms with Crippen LogP contribution < -0.4 is 0 Å². The maximum absolute atomic E-state index is 11.0. The highest BCUT2D eigenvalue weighted by Gasteiger charge is 2.36. The normalized spacial score (nSPS) is 18.6. The van der Waals surface area contributed by atoms with Crippen molar-refractivity contribution in [3.8, 4) is 0 Å². The fourth-order valence-electron chi connectivity index (χ4n) is 3.94. The van der Waals surface area contributed by atoms with Crippen LogP contribution in [-0.4, -0.2) is 23.6 Å². The van der Waals surface area contributed by atoms with Crippen molar-refractivity contribution in [2.75, 3.05) is 7.11 Å². The molecule has 2 unspecified atom stereocenters. The van der Waals surface area contributed by atoms with Gasteiger partial charge in [0.15, 0.2) is 0 Å². The number of hydrogen-bond donors (Lipinski definition) is 0. The molecule has 0 bridgehead atoms. The SMILES string of the molecule is CCCCCCCCC1SC1CCCCCCCCCCCCC(=O)OC. The lowest BCUT2D eigenvalue weighted by Crippen LogP contribution is -1.99. The van der Waals surface area contributed by atoms with Crippen molar-refractivity contribution in [3.05, 3.63) is 0 Å². The Kier molecular flexibility index (Phi) is 16.5. The minimum Gasteiger partial charge on any atom is -0.469 e. The van der Waals surface area contributed by atoms with Crippen molar-refractivity contribution in [2.45, 2.75) is 139 Å². The molecule has 0 N–H and O–H groups in total. The van der Waals surface area contributed by atoms with E-state index in [0.717, 1.165) is 16.9 Å². The summed E-state index contributed by atoms with van der Waals surface area (Å²) in [5.74, 6) is -0.0617. The van der Waals surface area contributed by atoms with E-state index in [1.165, 1.54) is 116 Å². The Labute approximate surface area is 174 Å². The summed E-state index contributed by atoms with van der Waals surface area (Å²) in [6.07, 6.45) is 25.5. The van der Waals surface area contributed by atoms with Crippen LogP contribution in [0, 0.1) is 0 Å². The molecule has 0 aliphatic carbocycles. The monoisotopic (exact) mass is 398 g/mol. The van der Waals surface area contributed by atoms with Gasteiger partial charge >= 0.3 is 5.97 Å². The molecule has 3 heteroatoms. The molecule has 0 spiro atoms. The van der Waals surface area contributed by atoms with Gasteiger partial charge in [0, 0.05) is 16.9 Å². The van der Waals surface area contributed by atoms with Gasteiger partial charge in [-0.15, -0.1) is 0 Å². The van der Waals surface area contributed by atoms with E-state index in [4.69, 9.17) is 0 Å². The molecule has 0 saturated carbocycles. The average molecular weight is 399 g/mol. The van der Waals surface area contributed by atoms with Crippen LogP contribution in [0.2, 0.25) is 0 Å². The third-order valence-corrected chi connectivity index (χ3v) is 7.39. The quantitative estimate of drug-likeness (QED) is 0.118. The largest absolute Gasteiger partial charge is 0.469 e. The summed E-state index contributed by atoms with van der Waals surface area (Å²) in [6.45, 7) is 2.29. The molecule has 1 rings (SSSR count). The second-order valence-corrected chi connectivity index (χ2v) is 9.90. The number of ether oxygens (including phenoxy) is 1. The third kappa shape index (κ3) is 15.4. The molecule has 27 heavy (non-hydrogen) atoms. The molecule has 1 aliphatic heterocycles. The number of esters is 1. The fraction of sp³-hybridized carbons (Fsp3) is 0.958. The predicted molar refractivity (Wildman–Crippen MR) is 121 cm³/mol. The van der Waals surface area contributed by atoms with Crippen LogP contribution in [0.15, 0.2) is 0 Å². The van der Waals surface area contributed by atoms with Gasteiger partial charge in [-0.1, -0.05) is 103 Å². The first-order chi connectivity index (χ1) is 13.3. The van der Waals surface area contributed by atoms with Gasteiger partial charge in [-0.25, -0.2) is 0 Å². The third-order valence-electron chi connectivity index (χ3n) is 5.88. The van der Waals surface area contributed by atoms with E-state index < -0.39 is 0 Å². The lowest BCUT2D eigenvalue weighted by molar-refractivity contribution is -0.140. The molecule has 1 heterocycles. The van der Waals surface area contributed by atoms with E-state index in [1.807, 2.05) is 0 Å². The van der Waals surface area contributed by atoms with Gasteiger partial charge in [0.05, 0.1) is 7.11 Å². The van der Waals surface area contributed by atoms with E-state index in [1.54, 1.807) is 0 Å². The summed E-state index contributed by atoms with van der Waals surface area (Å²) in [6, 6.07) is 0. The topological polar surface area (TPSA) is 26.3 Å². The van der Waals surface area contributed by atoms with Crippen LogP contribution in [-0.2, 0) is 9.53 Å². The van der Waals surface area contributed by atoms with Crippen LogP contribution in [0.25, 0.3) is 0 Å². The highest BCUT2D eigenvalue weighted by molar-refractivity contribution is 8.07. The zero-order chi connectivity index (χ0) is 19.6. The van der Waals surface area contributed by atoms with Gasteiger partial charge in [0.2, 0.25) is 0 Å². The van der Waals surface area contributed by atoms with Crippen LogP contribution in [0.3, 0.4) is 0 Å². The van der Waals surface area contributed by atoms with E-state index in [-0.39, 0.29) is 5.97 Å². The molecular formula is C24H46O2S. The molecule has 0 aromatic heterocycles. The summed E-state index contributed by atoms with van der Waals surface area (Å²) in [7, 11) is 1.47. The molecule has 0 radical (unpaired) electrons. The number of hydrogen-bond acceptors (Lipinski definition) is 3. The van der Waals surface area contributed by atoms with Crippen LogP contribution in [0.1, 0.15) is 129 Å². The highest BCUT2D eigenvalue weighted by Crippen LogP contribution is 2.47. The maximum Gasteiger partial charge on any atom is 0.305 e. The highest BCUT2D eigenvalue weighted by atomic mass is 32.2. The molecule has 2 atom stereocenters. The summed E-state index contributed by atoms with van der Waals surface area (Å²) >= 11 is 2.26. The lowest BCUT2D eigenvalue weighted by atomic mass is 10.0. The lowest BCUT2D eigenvalue weighted by Gasteiger charge is -2.03. The number of unbranched alkanes of at least 4 members (excludes halogenated alkanes) is 14. The number of rotatable bonds is 20. The van der Waals surface area contributed by atoms with Crippen LogP contribution >= 0.6 is 11.8 Å². The zero-order valence-electron chi connectivity index (χ0n) is 18.3. The predicted octanol–water partition coefficient (Wildman–Crippen LogP) is 8.08. The van der Waals surface area contributed by atoms with Crippen molar-refractivity contribution in [1.82, 2.24) is 0 Å². The van der Waals surface area contributed by atoms with Crippen molar-refractivity contribution >= 4 is 17.7 Å². The maximum atomic E-state index is 11.0. The molecule has 0 amide bonds. The number of carbonyl (C=O) groups is 1. The minimum atomic E-state index is -0.0617. The second kappa shape index (κ2) is 17.9. The van der Waals surface area contributed by atoms with E-state index in [9.17, 15) is 4.79 Å². The molecule has 1 fully saturated rings. The Morgan fingerprint density at radius 3 is 1.52 bits per heavy atom. The summed E-state index contributed by atoms with van der Waals surface area (Å²) in [5.41, 5.74) is 0. The van der Waals surface area contributed by atoms with Crippen LogP contribution in [0.5, 0.6) is 0 Å². The first-order valence-corrected chi connectivity index (χ1v) is 12.9. The molecule has 160 valence electrons. The molecule has 1 saturated heterocycles. The molecular weight excluding hydrogens is 352 g/mol. The van der Waals surface area contributed by atoms with Crippen molar-refractivity contribution in [1.29, 1.82) is 0 Å². The molecule has 0 aromatic carbocycles. The molecule has 2 nitrogen and oxygen atoms in total. The van der Waals surface area contributed by atoms with E-state index in [2.05, 4.69) is 23.4 Å². The smallest absolute Gasteiger partial charge is 0.305 e. The van der Waals surface area contributed by atoms with Gasteiger partial charge in [0.25, 0.3) is 0 Å². The molecule has 0 aromatic rings. The standard InChI is InChI=1S/C24H46O2S/c1-3-4-5-6-13-16-19-22-23(27-22)20-17-14-11-9-7-8-10-12-15-18-21-24(25)26-2/h22-23H,3-21H2,1-2H3. The molecule has 1 aliphatic rings. The van der Waals surface area contributed by atoms with E-state index in [0.29, 0.717) is 6.42 Å². The number of thioether (sulfide) groups is 1. The van der Waals surface area contributed by atoms with Gasteiger partial charge < -0.3 is 4.74 Å². The Morgan fingerprint density at radius 1 is 0.667 bits per heavy atom. The second-order valence-electron chi connectivity index (χ2n) is 8.42. The number of carbonyl (C=O) groups excluding carboxylic acids is 1.